The van der Waals surface area contributed by atoms with Crippen LogP contribution in [0.1, 0.15) is 36.1 Å². The van der Waals surface area contributed by atoms with Gasteiger partial charge in [0.05, 0.1) is 9.79 Å². The number of anilines is 1. The minimum atomic E-state index is -4.17. The van der Waals surface area contributed by atoms with E-state index in [1.807, 2.05) is 18.7 Å². The molecule has 34 heavy (non-hydrogen) atoms. The maximum atomic E-state index is 13.2. The van der Waals surface area contributed by atoms with E-state index in [0.29, 0.717) is 17.3 Å². The van der Waals surface area contributed by atoms with Crippen molar-refractivity contribution < 1.29 is 16.8 Å². The molecule has 4 rings (SSSR count). The van der Waals surface area contributed by atoms with Crippen LogP contribution in [-0.2, 0) is 20.0 Å². The molecule has 1 N–H and O–H groups in total. The van der Waals surface area contributed by atoms with Gasteiger partial charge in [-0.05, 0) is 57.4 Å². The van der Waals surface area contributed by atoms with E-state index in [0.717, 1.165) is 30.4 Å². The van der Waals surface area contributed by atoms with Crippen LogP contribution in [0.3, 0.4) is 0 Å². The van der Waals surface area contributed by atoms with Crippen LogP contribution in [0.4, 0.5) is 5.82 Å². The summed E-state index contributed by atoms with van der Waals surface area (Å²) in [6.07, 6.45) is 2.93. The molecule has 1 fully saturated rings. The summed E-state index contributed by atoms with van der Waals surface area (Å²) in [5, 5.41) is 8.19. The second-order valence-electron chi connectivity index (χ2n) is 8.21. The number of hydrogen-bond acceptors (Lipinski definition) is 7. The van der Waals surface area contributed by atoms with Crippen molar-refractivity contribution in [2.75, 3.05) is 17.8 Å². The summed E-state index contributed by atoms with van der Waals surface area (Å²) in [4.78, 5) is 2.15. The van der Waals surface area contributed by atoms with Gasteiger partial charge in [0.2, 0.25) is 0 Å². The van der Waals surface area contributed by atoms with E-state index in [9.17, 15) is 16.8 Å². The van der Waals surface area contributed by atoms with Crippen molar-refractivity contribution in [3.05, 3.63) is 65.4 Å². The number of nitrogens with zero attached hydrogens (tertiary/aromatic N) is 4. The fraction of sp³-hybridized carbons (Fsp3) is 0.318. The van der Waals surface area contributed by atoms with Gasteiger partial charge in [-0.15, -0.1) is 10.2 Å². The maximum Gasteiger partial charge on any atom is 0.299 e. The third kappa shape index (κ3) is 4.98. The molecule has 9 nitrogen and oxygen atoms in total. The van der Waals surface area contributed by atoms with E-state index < -0.39 is 20.0 Å². The zero-order chi connectivity index (χ0) is 24.5. The van der Waals surface area contributed by atoms with Gasteiger partial charge in [0.25, 0.3) is 20.0 Å². The molecule has 180 valence electrons. The highest BCUT2D eigenvalue weighted by atomic mass is 32.2. The summed E-state index contributed by atoms with van der Waals surface area (Å²) >= 11 is 5.60. The Morgan fingerprint density at radius 1 is 0.824 bits per heavy atom. The predicted octanol–water partition coefficient (Wildman–Crippen LogP) is 3.09. The first-order valence-corrected chi connectivity index (χ1v) is 14.1. The molecule has 0 saturated carbocycles. The van der Waals surface area contributed by atoms with E-state index in [1.54, 1.807) is 24.3 Å². The number of thiocarbonyl (C=S) groups is 1. The number of piperidine rings is 1. The highest BCUT2D eigenvalue weighted by molar-refractivity contribution is 7.92. The van der Waals surface area contributed by atoms with Crippen molar-refractivity contribution in [3.63, 3.8) is 0 Å². The number of hydrogen-bond donors (Lipinski definition) is 1. The zero-order valence-electron chi connectivity index (χ0n) is 18.8. The van der Waals surface area contributed by atoms with E-state index in [2.05, 4.69) is 14.9 Å². The van der Waals surface area contributed by atoms with Crippen LogP contribution in [0.25, 0.3) is 0 Å². The molecule has 0 unspecified atom stereocenters. The van der Waals surface area contributed by atoms with Gasteiger partial charge in [-0.2, -0.15) is 8.42 Å². The molecule has 0 atom stereocenters. The first-order valence-electron chi connectivity index (χ1n) is 10.8. The minimum absolute atomic E-state index is 0.00303. The molecule has 0 spiro atoms. The van der Waals surface area contributed by atoms with Crippen LogP contribution in [0.15, 0.2) is 58.3 Å². The second-order valence-corrected chi connectivity index (χ2v) is 12.0. The molecule has 12 heteroatoms. The van der Waals surface area contributed by atoms with Gasteiger partial charge >= 0.3 is 0 Å². The van der Waals surface area contributed by atoms with Gasteiger partial charge in [-0.1, -0.05) is 51.8 Å². The maximum absolute atomic E-state index is 13.2. The summed E-state index contributed by atoms with van der Waals surface area (Å²) in [7, 11) is -8.22. The summed E-state index contributed by atoms with van der Waals surface area (Å²) in [6, 6.07) is 12.5. The van der Waals surface area contributed by atoms with Gasteiger partial charge in [-0.25, -0.2) is 8.42 Å². The van der Waals surface area contributed by atoms with E-state index in [1.165, 1.54) is 24.3 Å². The van der Waals surface area contributed by atoms with Crippen molar-refractivity contribution in [2.45, 2.75) is 42.9 Å². The Kier molecular flexibility index (Phi) is 6.74. The lowest BCUT2D eigenvalue weighted by Gasteiger charge is -2.28. The second kappa shape index (κ2) is 9.43. The van der Waals surface area contributed by atoms with Crippen LogP contribution in [0.2, 0.25) is 0 Å². The van der Waals surface area contributed by atoms with E-state index >= 15 is 0 Å². The zero-order valence-corrected chi connectivity index (χ0v) is 21.3. The summed E-state index contributed by atoms with van der Waals surface area (Å²) in [5.74, 6) is -0.230. The molecule has 2 heterocycles. The molecular weight excluding hydrogens is 494 g/mol. The summed E-state index contributed by atoms with van der Waals surface area (Å²) in [5.41, 5.74) is 1.80. The molecule has 3 aromatic rings. The standard InChI is InChI=1S/C22H25N5O4S3/c1-16-6-10-18(11-7-16)33(28,29)25-21-20(22(32)26-14-4-3-5-15-26)23-27(24-21)34(30,31)19-12-8-17(2)9-13-19/h6-13H,3-5,14-15H2,1-2H3,(H,24,25). The lowest BCUT2D eigenvalue weighted by atomic mass is 10.1. The van der Waals surface area contributed by atoms with Crippen LogP contribution in [0, 0.1) is 13.8 Å². The van der Waals surface area contributed by atoms with Gasteiger partial charge in [0.15, 0.2) is 11.5 Å². The largest absolute Gasteiger partial charge is 0.361 e. The van der Waals surface area contributed by atoms with Crippen molar-refractivity contribution in [1.29, 1.82) is 0 Å². The van der Waals surface area contributed by atoms with Gasteiger partial charge in [0, 0.05) is 13.1 Å². The number of rotatable bonds is 6. The van der Waals surface area contributed by atoms with Crippen molar-refractivity contribution in [3.8, 4) is 0 Å². The highest BCUT2D eigenvalue weighted by Gasteiger charge is 2.29. The average Bonchev–Trinajstić information content (AvgIpc) is 3.23. The Labute approximate surface area is 204 Å². The normalized spacial score (nSPS) is 14.7. The molecule has 2 aromatic carbocycles. The third-order valence-corrected chi connectivity index (χ3v) is 8.80. The van der Waals surface area contributed by atoms with E-state index in [-0.39, 0.29) is 26.3 Å². The monoisotopic (exact) mass is 519 g/mol. The summed E-state index contributed by atoms with van der Waals surface area (Å²) < 4.78 is 55.4. The third-order valence-electron chi connectivity index (χ3n) is 5.54. The number of nitrogens with one attached hydrogen (secondary N) is 1. The number of sulfonamides is 1. The SMILES string of the molecule is Cc1ccc(S(=O)(=O)Nc2nn(S(=O)(=O)c3ccc(C)cc3)nc2C(=S)N2CCCCC2)cc1. The van der Waals surface area contributed by atoms with Crippen LogP contribution in [0.5, 0.6) is 0 Å². The topological polar surface area (TPSA) is 114 Å². The van der Waals surface area contributed by atoms with Crippen LogP contribution >= 0.6 is 12.2 Å². The lowest BCUT2D eigenvalue weighted by Crippen LogP contribution is -2.35. The molecule has 1 aromatic heterocycles. The molecule has 0 bridgehead atoms. The average molecular weight is 520 g/mol. The Morgan fingerprint density at radius 2 is 1.35 bits per heavy atom. The highest BCUT2D eigenvalue weighted by Crippen LogP contribution is 2.23. The van der Waals surface area contributed by atoms with Crippen LogP contribution in [-0.4, -0.2) is 54.2 Å². The van der Waals surface area contributed by atoms with Crippen molar-refractivity contribution in [1.82, 2.24) is 19.3 Å². The molecule has 0 radical (unpaired) electrons. The lowest BCUT2D eigenvalue weighted by molar-refractivity contribution is 0.347. The quantitative estimate of drug-likeness (QED) is 0.494. The Morgan fingerprint density at radius 3 is 1.91 bits per heavy atom. The number of benzene rings is 2. The van der Waals surface area contributed by atoms with Gasteiger partial charge in [-0.3, -0.25) is 4.72 Å². The Bertz CT molecular complexity index is 1410. The minimum Gasteiger partial charge on any atom is -0.361 e. The molecular formula is C22H25N5O4S3. The Hall–Kier alpha value is -2.83. The number of aromatic nitrogens is 3. The van der Waals surface area contributed by atoms with Crippen LogP contribution < -0.4 is 4.72 Å². The fourth-order valence-electron chi connectivity index (χ4n) is 3.56. The van der Waals surface area contributed by atoms with Crippen molar-refractivity contribution in [2.24, 2.45) is 0 Å². The predicted molar refractivity (Wildman–Crippen MR) is 133 cm³/mol. The summed E-state index contributed by atoms with van der Waals surface area (Å²) in [6.45, 7) is 5.05. The first-order chi connectivity index (χ1) is 16.1. The number of aryl methyl sites for hydroxylation is 2. The molecule has 1 aliphatic rings. The smallest absolute Gasteiger partial charge is 0.299 e. The molecule has 1 saturated heterocycles. The molecule has 1 aliphatic heterocycles. The van der Waals surface area contributed by atoms with E-state index in [4.69, 9.17) is 12.2 Å². The first kappa shape index (κ1) is 24.3. The fourth-order valence-corrected chi connectivity index (χ4v) is 5.93. The van der Waals surface area contributed by atoms with Crippen molar-refractivity contribution >= 4 is 43.1 Å². The molecule has 0 aliphatic carbocycles. The molecule has 0 amide bonds. The van der Waals surface area contributed by atoms with Gasteiger partial charge in [0.1, 0.15) is 4.99 Å². The van der Waals surface area contributed by atoms with Gasteiger partial charge < -0.3 is 4.90 Å². The number of likely N-dealkylation sites (tertiary alicyclic amines) is 1. The Balaban J connectivity index is 1.77.